The summed E-state index contributed by atoms with van der Waals surface area (Å²) in [5.41, 5.74) is 0.792. The third kappa shape index (κ3) is 2.35. The molecule has 1 aliphatic carbocycles. The lowest BCUT2D eigenvalue weighted by atomic mass is 9.68. The maximum atomic E-state index is 13.5. The van der Waals surface area contributed by atoms with Crippen molar-refractivity contribution in [1.29, 1.82) is 0 Å². The summed E-state index contributed by atoms with van der Waals surface area (Å²) in [6.07, 6.45) is 5.32. The second-order valence-corrected chi connectivity index (χ2v) is 7.33. The van der Waals surface area contributed by atoms with E-state index in [1.165, 1.54) is 6.42 Å². The number of carbonyl (C=O) groups is 2. The highest BCUT2D eigenvalue weighted by Gasteiger charge is 2.49. The van der Waals surface area contributed by atoms with Crippen LogP contribution in [0.4, 0.5) is 0 Å². The van der Waals surface area contributed by atoms with Gasteiger partial charge in [-0.1, -0.05) is 49.6 Å². The molecule has 0 unspecified atom stereocenters. The number of fused-ring (bicyclic) bond motifs is 1. The van der Waals surface area contributed by atoms with Crippen molar-refractivity contribution in [2.75, 3.05) is 19.6 Å². The van der Waals surface area contributed by atoms with Crippen molar-refractivity contribution in [2.45, 2.75) is 37.5 Å². The van der Waals surface area contributed by atoms with Crippen LogP contribution >= 0.6 is 0 Å². The lowest BCUT2D eigenvalue weighted by molar-refractivity contribution is -0.138. The summed E-state index contributed by atoms with van der Waals surface area (Å²) in [4.78, 5) is 27.3. The fourth-order valence-corrected chi connectivity index (χ4v) is 4.74. The number of likely N-dealkylation sites (tertiary alicyclic amines) is 1. The summed E-state index contributed by atoms with van der Waals surface area (Å²) in [6, 6.07) is 10.3. The number of hydrogen-bond acceptors (Lipinski definition) is 2. The van der Waals surface area contributed by atoms with E-state index in [2.05, 4.69) is 17.4 Å². The molecule has 2 heterocycles. The van der Waals surface area contributed by atoms with Gasteiger partial charge in [0.05, 0.1) is 11.3 Å². The van der Waals surface area contributed by atoms with E-state index in [-0.39, 0.29) is 23.1 Å². The van der Waals surface area contributed by atoms with Crippen LogP contribution in [0, 0.1) is 11.8 Å². The first-order chi connectivity index (χ1) is 11.2. The minimum atomic E-state index is -0.366. The molecule has 4 nitrogen and oxygen atoms in total. The zero-order chi connectivity index (χ0) is 15.9. The van der Waals surface area contributed by atoms with Crippen molar-refractivity contribution in [3.63, 3.8) is 0 Å². The fraction of sp³-hybridized carbons (Fsp3) is 0.579. The van der Waals surface area contributed by atoms with E-state index < -0.39 is 0 Å². The Balaban J connectivity index is 1.62. The van der Waals surface area contributed by atoms with E-state index in [0.717, 1.165) is 44.3 Å². The van der Waals surface area contributed by atoms with E-state index in [4.69, 9.17) is 0 Å². The van der Waals surface area contributed by atoms with Crippen LogP contribution in [-0.4, -0.2) is 36.3 Å². The molecule has 122 valence electrons. The lowest BCUT2D eigenvalue weighted by Crippen LogP contribution is -2.48. The van der Waals surface area contributed by atoms with Crippen LogP contribution in [0.25, 0.3) is 0 Å². The molecule has 23 heavy (non-hydrogen) atoms. The van der Waals surface area contributed by atoms with Crippen molar-refractivity contribution < 1.29 is 9.59 Å². The number of carbonyl (C=O) groups excluding carboxylic acids is 2. The maximum absolute atomic E-state index is 13.5. The van der Waals surface area contributed by atoms with Crippen molar-refractivity contribution in [3.8, 4) is 0 Å². The fourth-order valence-electron chi connectivity index (χ4n) is 4.74. The van der Waals surface area contributed by atoms with Crippen LogP contribution in [0.2, 0.25) is 0 Å². The van der Waals surface area contributed by atoms with Gasteiger partial charge in [0.1, 0.15) is 0 Å². The number of amides is 2. The van der Waals surface area contributed by atoms with Crippen molar-refractivity contribution in [1.82, 2.24) is 10.2 Å². The Morgan fingerprint density at radius 1 is 1.09 bits per heavy atom. The second-order valence-electron chi connectivity index (χ2n) is 7.33. The third-order valence-electron chi connectivity index (χ3n) is 6.05. The van der Waals surface area contributed by atoms with Crippen LogP contribution in [0.3, 0.4) is 0 Å². The molecule has 0 spiro atoms. The van der Waals surface area contributed by atoms with E-state index in [0.29, 0.717) is 12.5 Å². The average Bonchev–Trinajstić information content (AvgIpc) is 3.18. The molecular formula is C19H24N2O2. The molecule has 3 fully saturated rings. The standard InChI is InChI=1S/C19H24N2O2/c22-17-16-13-21(12-14(16)11-20-17)18(23)19(9-5-2-6-10-19)15-7-3-1-4-8-15/h1,3-4,7-8,14,16H,2,5-6,9-13H2,(H,20,22)/t14-,16+/m0/s1. The Kier molecular flexibility index (Phi) is 3.63. The number of benzene rings is 1. The molecule has 1 saturated carbocycles. The summed E-state index contributed by atoms with van der Waals surface area (Å²) < 4.78 is 0. The first kappa shape index (κ1) is 14.7. The normalized spacial score (nSPS) is 29.2. The minimum absolute atomic E-state index is 0.00960. The van der Waals surface area contributed by atoms with Gasteiger partial charge in [-0.3, -0.25) is 9.59 Å². The van der Waals surface area contributed by atoms with E-state index >= 15 is 0 Å². The van der Waals surface area contributed by atoms with E-state index in [1.54, 1.807) is 0 Å². The van der Waals surface area contributed by atoms with Gasteiger partial charge in [0.2, 0.25) is 11.8 Å². The molecule has 1 aromatic carbocycles. The van der Waals surface area contributed by atoms with Gasteiger partial charge in [-0.15, -0.1) is 0 Å². The first-order valence-electron chi connectivity index (χ1n) is 8.83. The average molecular weight is 312 g/mol. The third-order valence-corrected chi connectivity index (χ3v) is 6.05. The predicted octanol–water partition coefficient (Wildman–Crippen LogP) is 2.09. The van der Waals surface area contributed by atoms with Gasteiger partial charge in [0.25, 0.3) is 0 Å². The van der Waals surface area contributed by atoms with E-state index in [9.17, 15) is 9.59 Å². The van der Waals surface area contributed by atoms with E-state index in [1.807, 2.05) is 23.1 Å². The molecule has 2 amide bonds. The Hall–Kier alpha value is -1.84. The first-order valence-corrected chi connectivity index (χ1v) is 8.83. The monoisotopic (exact) mass is 312 g/mol. The van der Waals surface area contributed by atoms with Crippen LogP contribution in [-0.2, 0) is 15.0 Å². The van der Waals surface area contributed by atoms with Gasteiger partial charge in [-0.05, 0) is 18.4 Å². The number of nitrogens with one attached hydrogen (secondary N) is 1. The van der Waals surface area contributed by atoms with Gasteiger partial charge >= 0.3 is 0 Å². The molecule has 0 aromatic heterocycles. The highest BCUT2D eigenvalue weighted by atomic mass is 16.2. The molecule has 0 radical (unpaired) electrons. The summed E-state index contributed by atoms with van der Waals surface area (Å²) in [5, 5.41) is 2.92. The quantitative estimate of drug-likeness (QED) is 0.909. The molecule has 2 saturated heterocycles. The Bertz CT molecular complexity index is 607. The molecule has 4 heteroatoms. The summed E-state index contributed by atoms with van der Waals surface area (Å²) in [7, 11) is 0. The number of rotatable bonds is 2. The predicted molar refractivity (Wildman–Crippen MR) is 87.8 cm³/mol. The molecule has 0 bridgehead atoms. The SMILES string of the molecule is O=C1NC[C@H]2CN(C(=O)C3(c4ccccc4)CCCCC3)C[C@@H]12. The molecular weight excluding hydrogens is 288 g/mol. The highest BCUT2D eigenvalue weighted by Crippen LogP contribution is 2.42. The smallest absolute Gasteiger partial charge is 0.233 e. The number of nitrogens with zero attached hydrogens (tertiary/aromatic N) is 1. The van der Waals surface area contributed by atoms with Gasteiger partial charge in [0, 0.05) is 25.6 Å². The summed E-state index contributed by atoms with van der Waals surface area (Å²) in [5.74, 6) is 0.700. The minimum Gasteiger partial charge on any atom is -0.355 e. The molecule has 1 aromatic rings. The van der Waals surface area contributed by atoms with Gasteiger partial charge in [-0.25, -0.2) is 0 Å². The Labute approximate surface area is 137 Å². The van der Waals surface area contributed by atoms with Gasteiger partial charge in [0.15, 0.2) is 0 Å². The van der Waals surface area contributed by atoms with Crippen LogP contribution in [0.15, 0.2) is 30.3 Å². The summed E-state index contributed by atoms with van der Waals surface area (Å²) in [6.45, 7) is 2.06. The summed E-state index contributed by atoms with van der Waals surface area (Å²) >= 11 is 0. The van der Waals surface area contributed by atoms with Crippen molar-refractivity contribution >= 4 is 11.8 Å². The second kappa shape index (κ2) is 5.66. The molecule has 2 aliphatic heterocycles. The topological polar surface area (TPSA) is 49.4 Å². The highest BCUT2D eigenvalue weighted by molar-refractivity contribution is 5.90. The molecule has 2 atom stereocenters. The Morgan fingerprint density at radius 3 is 2.52 bits per heavy atom. The van der Waals surface area contributed by atoms with Crippen LogP contribution < -0.4 is 5.32 Å². The molecule has 3 aliphatic rings. The zero-order valence-corrected chi connectivity index (χ0v) is 13.5. The van der Waals surface area contributed by atoms with Crippen LogP contribution in [0.1, 0.15) is 37.7 Å². The largest absolute Gasteiger partial charge is 0.355 e. The van der Waals surface area contributed by atoms with Gasteiger partial charge < -0.3 is 10.2 Å². The Morgan fingerprint density at radius 2 is 1.83 bits per heavy atom. The maximum Gasteiger partial charge on any atom is 0.233 e. The molecule has 4 rings (SSSR count). The lowest BCUT2D eigenvalue weighted by Gasteiger charge is -2.39. The van der Waals surface area contributed by atoms with Gasteiger partial charge in [-0.2, -0.15) is 0 Å². The molecule has 1 N–H and O–H groups in total. The van der Waals surface area contributed by atoms with Crippen molar-refractivity contribution in [3.05, 3.63) is 35.9 Å². The zero-order valence-electron chi connectivity index (χ0n) is 13.5. The van der Waals surface area contributed by atoms with Crippen molar-refractivity contribution in [2.24, 2.45) is 11.8 Å². The van der Waals surface area contributed by atoms with Crippen LogP contribution in [0.5, 0.6) is 0 Å². The number of hydrogen-bond donors (Lipinski definition) is 1.